The molecule has 1 heterocycles. The van der Waals surface area contributed by atoms with Crippen molar-refractivity contribution < 1.29 is 29.1 Å². The topological polar surface area (TPSA) is 183 Å². The molecule has 0 saturated heterocycles. The Bertz CT molecular complexity index is 1300. The number of amides is 4. The van der Waals surface area contributed by atoms with Crippen molar-refractivity contribution in [2.24, 2.45) is 10.8 Å². The number of rotatable bonds is 14. The molecule has 1 aliphatic rings. The number of benzene rings is 2. The largest absolute Gasteiger partial charge is 0.481 e. The van der Waals surface area contributed by atoms with Crippen molar-refractivity contribution >= 4 is 41.5 Å². The molecule has 3 unspecified atom stereocenters. The SMILES string of the molecule is Cc1cccc2c1N(C(=O)C(C)NC(=O)CCCc1ccccc1)C(C(=O)NC(/C=N/NCC(N)=O)CC(=O)O)C2. The molecular weight excluding hydrogens is 528 g/mol. The lowest BCUT2D eigenvalue weighted by atomic mass is 10.1. The van der Waals surface area contributed by atoms with E-state index in [4.69, 9.17) is 5.73 Å². The second-order valence-corrected chi connectivity index (χ2v) is 9.93. The van der Waals surface area contributed by atoms with Gasteiger partial charge in [0.2, 0.25) is 23.6 Å². The van der Waals surface area contributed by atoms with E-state index < -0.39 is 48.2 Å². The third kappa shape index (κ3) is 8.88. The fraction of sp³-hybridized carbons (Fsp3) is 0.379. The summed E-state index contributed by atoms with van der Waals surface area (Å²) in [5, 5.41) is 18.5. The van der Waals surface area contributed by atoms with Gasteiger partial charge in [0, 0.05) is 19.1 Å². The van der Waals surface area contributed by atoms with E-state index in [1.165, 1.54) is 4.90 Å². The molecule has 0 aliphatic carbocycles. The second-order valence-electron chi connectivity index (χ2n) is 9.93. The van der Waals surface area contributed by atoms with Gasteiger partial charge in [0.05, 0.1) is 18.2 Å². The molecule has 12 nitrogen and oxygen atoms in total. The standard InChI is InChI=1S/C29H36N6O6/c1-18-8-6-12-21-14-23(28(40)34-22(15-26(38)39)16-31-32-17-24(30)36)35(27(18)21)29(41)19(2)33-25(37)13-7-11-20-9-4-3-5-10-20/h3-6,8-10,12,16,19,22-23,32H,7,11,13-15,17H2,1-2H3,(H2,30,36)(H,33,37)(H,34,40)(H,38,39)/b31-16+. The number of aryl methyl sites for hydroxylation is 2. The summed E-state index contributed by atoms with van der Waals surface area (Å²) in [5.74, 6) is -3.15. The summed E-state index contributed by atoms with van der Waals surface area (Å²) in [6, 6.07) is 12.4. The van der Waals surface area contributed by atoms with Crippen LogP contribution in [0, 0.1) is 6.92 Å². The van der Waals surface area contributed by atoms with Crippen LogP contribution in [0.2, 0.25) is 0 Å². The molecule has 0 bridgehead atoms. The molecule has 2 aromatic rings. The Morgan fingerprint density at radius 1 is 1.10 bits per heavy atom. The first-order valence-corrected chi connectivity index (χ1v) is 13.4. The second kappa shape index (κ2) is 14.6. The lowest BCUT2D eigenvalue weighted by Crippen LogP contribution is -2.55. The van der Waals surface area contributed by atoms with Crippen molar-refractivity contribution in [3.05, 3.63) is 65.2 Å². The zero-order valence-electron chi connectivity index (χ0n) is 23.1. The van der Waals surface area contributed by atoms with Gasteiger partial charge in [-0.25, -0.2) is 0 Å². The molecule has 218 valence electrons. The molecule has 3 rings (SSSR count). The maximum absolute atomic E-state index is 13.7. The number of hydrazone groups is 1. The quantitative estimate of drug-likeness (QED) is 0.166. The number of nitrogens with zero attached hydrogens (tertiary/aromatic N) is 2. The summed E-state index contributed by atoms with van der Waals surface area (Å²) < 4.78 is 0. The lowest BCUT2D eigenvalue weighted by Gasteiger charge is -2.29. The number of carbonyl (C=O) groups is 5. The van der Waals surface area contributed by atoms with Crippen molar-refractivity contribution in [3.8, 4) is 0 Å². The molecule has 0 aromatic heterocycles. The van der Waals surface area contributed by atoms with Crippen LogP contribution in [0.15, 0.2) is 53.6 Å². The lowest BCUT2D eigenvalue weighted by molar-refractivity contribution is -0.137. The minimum atomic E-state index is -1.18. The van der Waals surface area contributed by atoms with E-state index in [2.05, 4.69) is 21.2 Å². The number of primary amides is 1. The first-order chi connectivity index (χ1) is 19.6. The molecule has 12 heteroatoms. The summed E-state index contributed by atoms with van der Waals surface area (Å²) in [5.41, 5.74) is 10.7. The fourth-order valence-electron chi connectivity index (χ4n) is 4.71. The Kier molecular flexibility index (Phi) is 11.0. The van der Waals surface area contributed by atoms with E-state index in [0.29, 0.717) is 12.1 Å². The monoisotopic (exact) mass is 564 g/mol. The molecule has 4 amide bonds. The zero-order chi connectivity index (χ0) is 29.9. The Hall–Kier alpha value is -4.74. The van der Waals surface area contributed by atoms with Crippen LogP contribution in [0.5, 0.6) is 0 Å². The van der Waals surface area contributed by atoms with Gasteiger partial charge in [-0.15, -0.1) is 0 Å². The first-order valence-electron chi connectivity index (χ1n) is 13.4. The van der Waals surface area contributed by atoms with E-state index in [9.17, 15) is 29.1 Å². The van der Waals surface area contributed by atoms with Crippen LogP contribution in [0.3, 0.4) is 0 Å². The van der Waals surface area contributed by atoms with Gasteiger partial charge in [-0.2, -0.15) is 5.10 Å². The average molecular weight is 565 g/mol. The van der Waals surface area contributed by atoms with E-state index in [1.54, 1.807) is 6.92 Å². The third-order valence-corrected chi connectivity index (χ3v) is 6.61. The summed E-state index contributed by atoms with van der Waals surface area (Å²) in [6.07, 6.45) is 2.49. The van der Waals surface area contributed by atoms with Gasteiger partial charge in [-0.3, -0.25) is 28.9 Å². The van der Waals surface area contributed by atoms with Crippen molar-refractivity contribution in [2.45, 2.75) is 64.1 Å². The highest BCUT2D eigenvalue weighted by Crippen LogP contribution is 2.36. The summed E-state index contributed by atoms with van der Waals surface area (Å²) in [7, 11) is 0. The summed E-state index contributed by atoms with van der Waals surface area (Å²) >= 11 is 0. The van der Waals surface area contributed by atoms with Gasteiger partial charge in [0.15, 0.2) is 0 Å². The van der Waals surface area contributed by atoms with Crippen LogP contribution in [-0.2, 0) is 36.8 Å². The van der Waals surface area contributed by atoms with Gasteiger partial charge < -0.3 is 26.9 Å². The van der Waals surface area contributed by atoms with Gasteiger partial charge >= 0.3 is 5.97 Å². The number of carboxylic acid groups (broad SMARTS) is 1. The number of fused-ring (bicyclic) bond motifs is 1. The molecule has 3 atom stereocenters. The molecule has 0 saturated carbocycles. The van der Waals surface area contributed by atoms with Crippen LogP contribution in [0.25, 0.3) is 0 Å². The molecule has 41 heavy (non-hydrogen) atoms. The van der Waals surface area contributed by atoms with Crippen molar-refractivity contribution in [2.75, 3.05) is 11.4 Å². The molecule has 0 radical (unpaired) electrons. The Morgan fingerprint density at radius 2 is 1.83 bits per heavy atom. The number of aliphatic carboxylic acids is 1. The summed E-state index contributed by atoms with van der Waals surface area (Å²) in [4.78, 5) is 63.5. The Morgan fingerprint density at radius 3 is 2.51 bits per heavy atom. The van der Waals surface area contributed by atoms with Crippen molar-refractivity contribution in [1.82, 2.24) is 16.1 Å². The number of hydrogen-bond donors (Lipinski definition) is 5. The van der Waals surface area contributed by atoms with E-state index in [0.717, 1.165) is 29.3 Å². The van der Waals surface area contributed by atoms with Gasteiger partial charge in [0.1, 0.15) is 18.6 Å². The van der Waals surface area contributed by atoms with Gasteiger partial charge in [-0.05, 0) is 43.4 Å². The molecule has 1 aliphatic heterocycles. The number of carboxylic acids is 1. The molecule has 2 aromatic carbocycles. The predicted octanol–water partition coefficient (Wildman–Crippen LogP) is 0.801. The van der Waals surface area contributed by atoms with Crippen molar-refractivity contribution in [3.63, 3.8) is 0 Å². The van der Waals surface area contributed by atoms with Crippen LogP contribution < -0.4 is 26.7 Å². The number of nitrogens with one attached hydrogen (secondary N) is 3. The highest BCUT2D eigenvalue weighted by molar-refractivity contribution is 6.07. The van der Waals surface area contributed by atoms with E-state index in [1.807, 2.05) is 55.5 Å². The zero-order valence-corrected chi connectivity index (χ0v) is 23.1. The van der Waals surface area contributed by atoms with E-state index in [-0.39, 0.29) is 25.3 Å². The Labute approximate surface area is 238 Å². The van der Waals surface area contributed by atoms with Crippen LogP contribution >= 0.6 is 0 Å². The van der Waals surface area contributed by atoms with Gasteiger partial charge in [0.25, 0.3) is 0 Å². The maximum atomic E-state index is 13.7. The Balaban J connectivity index is 1.71. The minimum absolute atomic E-state index is 0.211. The number of carbonyl (C=O) groups excluding carboxylic acids is 4. The third-order valence-electron chi connectivity index (χ3n) is 6.61. The molecule has 0 spiro atoms. The molecule has 6 N–H and O–H groups in total. The molecular formula is C29H36N6O6. The number of nitrogens with two attached hydrogens (primary N) is 1. The van der Waals surface area contributed by atoms with Crippen molar-refractivity contribution in [1.29, 1.82) is 0 Å². The average Bonchev–Trinajstić information content (AvgIpc) is 3.32. The van der Waals surface area contributed by atoms with E-state index >= 15 is 0 Å². The van der Waals surface area contributed by atoms with Crippen LogP contribution in [-0.4, -0.2) is 65.6 Å². The first kappa shape index (κ1) is 30.8. The number of para-hydroxylation sites is 1. The normalized spacial score (nSPS) is 15.6. The number of anilines is 1. The highest BCUT2D eigenvalue weighted by atomic mass is 16.4. The van der Waals surface area contributed by atoms with Gasteiger partial charge in [-0.1, -0.05) is 48.5 Å². The maximum Gasteiger partial charge on any atom is 0.305 e. The fourth-order valence-corrected chi connectivity index (χ4v) is 4.71. The van der Waals surface area contributed by atoms with Crippen LogP contribution in [0.1, 0.15) is 42.9 Å². The smallest absolute Gasteiger partial charge is 0.305 e. The number of hydrogen-bond acceptors (Lipinski definition) is 7. The predicted molar refractivity (Wildman–Crippen MR) is 153 cm³/mol. The highest BCUT2D eigenvalue weighted by Gasteiger charge is 2.41. The molecule has 0 fully saturated rings. The van der Waals surface area contributed by atoms with Crippen LogP contribution in [0.4, 0.5) is 5.69 Å². The minimum Gasteiger partial charge on any atom is -0.481 e. The summed E-state index contributed by atoms with van der Waals surface area (Å²) in [6.45, 7) is 3.14.